The Kier molecular flexibility index (Phi) is 5.54. The molecule has 3 heteroatoms. The second-order valence-corrected chi connectivity index (χ2v) is 2.62. The molecule has 0 amide bonds. The summed E-state index contributed by atoms with van der Waals surface area (Å²) in [5.74, 6) is 1.32. The van der Waals surface area contributed by atoms with Gasteiger partial charge in [0.1, 0.15) is 12.4 Å². The number of unbranched alkanes of at least 4 members (excludes halogenated alkanes) is 1. The molecule has 0 unspecified atom stereocenters. The number of imidazole rings is 1. The molecular formula is C8H17IN2+2. The number of aromatic nitrogens is 2. The zero-order chi connectivity index (χ0) is 7.40. The molecular weight excluding hydrogens is 251 g/mol. The Morgan fingerprint density at radius 3 is 2.73 bits per heavy atom. The molecule has 0 spiro atoms. The maximum absolute atomic E-state index is 3.20. The van der Waals surface area contributed by atoms with Crippen molar-refractivity contribution in [3.8, 4) is 0 Å². The topological polar surface area (TPSA) is 19.7 Å². The summed E-state index contributed by atoms with van der Waals surface area (Å²) in [6.07, 6.45) is 7.73. The third kappa shape index (κ3) is 3.22. The van der Waals surface area contributed by atoms with Crippen molar-refractivity contribution in [2.45, 2.75) is 26.2 Å². The number of hydrogen-bond acceptors (Lipinski definition) is 0. The largest absolute Gasteiger partial charge is 0.253 e. The van der Waals surface area contributed by atoms with Crippen molar-refractivity contribution in [2.24, 2.45) is 7.05 Å². The molecule has 0 aliphatic heterocycles. The van der Waals surface area contributed by atoms with E-state index in [1.165, 1.54) is 25.1 Å². The highest BCUT2D eigenvalue weighted by Crippen LogP contribution is 1.94. The fourth-order valence-electron chi connectivity index (χ4n) is 1.03. The van der Waals surface area contributed by atoms with Gasteiger partial charge < -0.3 is 0 Å². The standard InChI is InChI=1S/C8H14N2.H2I/c1-3-4-5-8-9-6-7-10(8)2;/h6-7H,3-5H2,1-2H3;1H2/q;+1/p+1. The van der Waals surface area contributed by atoms with Gasteiger partial charge in [0.05, 0.1) is 7.05 Å². The molecule has 0 bridgehead atoms. The number of H-pyrrole nitrogens is 1. The Bertz CT molecular complexity index is 196. The monoisotopic (exact) mass is 268 g/mol. The lowest BCUT2D eigenvalue weighted by Gasteiger charge is -1.91. The molecule has 0 radical (unpaired) electrons. The van der Waals surface area contributed by atoms with Crippen molar-refractivity contribution in [1.82, 2.24) is 4.98 Å². The van der Waals surface area contributed by atoms with Crippen molar-refractivity contribution < 1.29 is 28.5 Å². The van der Waals surface area contributed by atoms with E-state index in [-0.39, 0.29) is 24.0 Å². The van der Waals surface area contributed by atoms with E-state index in [0.717, 1.165) is 0 Å². The van der Waals surface area contributed by atoms with Crippen LogP contribution in [-0.2, 0) is 13.5 Å². The summed E-state index contributed by atoms with van der Waals surface area (Å²) < 4.78 is 2.13. The van der Waals surface area contributed by atoms with Crippen molar-refractivity contribution in [3.63, 3.8) is 0 Å². The molecule has 1 aromatic rings. The first-order valence-corrected chi connectivity index (χ1v) is 3.86. The van der Waals surface area contributed by atoms with Crippen LogP contribution < -0.4 is 28.5 Å². The van der Waals surface area contributed by atoms with Gasteiger partial charge in [-0.25, -0.2) is 9.55 Å². The van der Waals surface area contributed by atoms with Gasteiger partial charge in [-0.05, 0) is 6.42 Å². The zero-order valence-corrected chi connectivity index (χ0v) is 9.72. The van der Waals surface area contributed by atoms with E-state index in [1.807, 2.05) is 12.4 Å². The van der Waals surface area contributed by atoms with Crippen LogP contribution >= 0.6 is 0 Å². The summed E-state index contributed by atoms with van der Waals surface area (Å²) in [6.45, 7) is 2.21. The number of rotatable bonds is 3. The summed E-state index contributed by atoms with van der Waals surface area (Å²) in [5.41, 5.74) is 0. The zero-order valence-electron chi connectivity index (χ0n) is 7.17. The molecule has 2 nitrogen and oxygen atoms in total. The summed E-state index contributed by atoms with van der Waals surface area (Å²) in [6, 6.07) is 0. The number of nitrogens with one attached hydrogen (secondary N) is 1. The van der Waals surface area contributed by atoms with Gasteiger partial charge in [0, 0.05) is 6.42 Å². The molecule has 0 aliphatic carbocycles. The van der Waals surface area contributed by atoms with Gasteiger partial charge in [-0.3, -0.25) is 0 Å². The lowest BCUT2D eigenvalue weighted by atomic mass is 10.2. The predicted molar refractivity (Wildman–Crippen MR) is 43.4 cm³/mol. The van der Waals surface area contributed by atoms with Crippen LogP contribution in [0.2, 0.25) is 0 Å². The quantitative estimate of drug-likeness (QED) is 0.468. The van der Waals surface area contributed by atoms with Crippen LogP contribution in [0.15, 0.2) is 12.4 Å². The van der Waals surface area contributed by atoms with Gasteiger partial charge in [-0.15, -0.1) is 0 Å². The highest BCUT2D eigenvalue weighted by Gasteiger charge is 2.03. The van der Waals surface area contributed by atoms with Crippen LogP contribution in [0.25, 0.3) is 0 Å². The molecule has 11 heavy (non-hydrogen) atoms. The Labute approximate surface area is 85.0 Å². The summed E-state index contributed by atoms with van der Waals surface area (Å²) in [4.78, 5) is 3.20. The van der Waals surface area contributed by atoms with E-state index in [4.69, 9.17) is 0 Å². The number of aryl methyl sites for hydroxylation is 2. The fraction of sp³-hybridized carbons (Fsp3) is 0.625. The summed E-state index contributed by atoms with van der Waals surface area (Å²) in [7, 11) is 2.07. The van der Waals surface area contributed by atoms with Gasteiger partial charge in [-0.1, -0.05) is 13.3 Å². The molecule has 0 atom stereocenters. The highest BCUT2D eigenvalue weighted by molar-refractivity contribution is 4.76. The smallest absolute Gasteiger partial charge is 0.248 e. The summed E-state index contributed by atoms with van der Waals surface area (Å²) >= 11 is 0. The second kappa shape index (κ2) is 5.57. The SMILES string of the molecule is CCCCc1[nH]cc[n+]1C.[IH2+]. The second-order valence-electron chi connectivity index (χ2n) is 2.62. The fourth-order valence-corrected chi connectivity index (χ4v) is 1.03. The molecule has 1 heterocycles. The van der Waals surface area contributed by atoms with Crippen LogP contribution in [0, 0.1) is 0 Å². The Morgan fingerprint density at radius 1 is 1.55 bits per heavy atom. The van der Waals surface area contributed by atoms with E-state index in [2.05, 4.69) is 23.5 Å². The van der Waals surface area contributed by atoms with E-state index < -0.39 is 0 Å². The number of aromatic amines is 1. The number of hydrogen-bond donors (Lipinski definition) is 1. The molecule has 1 aromatic heterocycles. The predicted octanol–water partition coefficient (Wildman–Crippen LogP) is -2.35. The lowest BCUT2D eigenvalue weighted by molar-refractivity contribution is -0.677. The van der Waals surface area contributed by atoms with E-state index >= 15 is 0 Å². The van der Waals surface area contributed by atoms with Crippen molar-refractivity contribution in [2.75, 3.05) is 0 Å². The summed E-state index contributed by atoms with van der Waals surface area (Å²) in [5, 5.41) is 0. The third-order valence-corrected chi connectivity index (χ3v) is 1.74. The average Bonchev–Trinajstić information content (AvgIpc) is 2.31. The first kappa shape index (κ1) is 10.9. The molecule has 0 aromatic carbocycles. The minimum absolute atomic E-state index is 0. The van der Waals surface area contributed by atoms with Crippen LogP contribution in [0.3, 0.4) is 0 Å². The van der Waals surface area contributed by atoms with E-state index in [9.17, 15) is 0 Å². The molecule has 1 N–H and O–H groups in total. The van der Waals surface area contributed by atoms with Crippen LogP contribution in [-0.4, -0.2) is 4.98 Å². The maximum atomic E-state index is 3.20. The van der Waals surface area contributed by atoms with Crippen LogP contribution in [0.1, 0.15) is 25.6 Å². The number of nitrogens with zero attached hydrogens (tertiary/aromatic N) is 1. The molecule has 0 saturated heterocycles. The van der Waals surface area contributed by atoms with Gasteiger partial charge in [-0.2, -0.15) is 0 Å². The van der Waals surface area contributed by atoms with Crippen molar-refractivity contribution >= 4 is 0 Å². The third-order valence-electron chi connectivity index (χ3n) is 1.74. The molecule has 0 aliphatic rings. The molecule has 1 rings (SSSR count). The van der Waals surface area contributed by atoms with Crippen LogP contribution in [0.5, 0.6) is 0 Å². The Hall–Kier alpha value is -0.0600. The average molecular weight is 268 g/mol. The van der Waals surface area contributed by atoms with Gasteiger partial charge in [0.15, 0.2) is 0 Å². The van der Waals surface area contributed by atoms with E-state index in [1.54, 1.807) is 0 Å². The Balaban J connectivity index is 0.000001000. The molecule has 0 saturated carbocycles. The molecule has 0 fully saturated rings. The lowest BCUT2D eigenvalue weighted by Crippen LogP contribution is -3.00. The van der Waals surface area contributed by atoms with Crippen LogP contribution in [0.4, 0.5) is 0 Å². The van der Waals surface area contributed by atoms with Crippen molar-refractivity contribution in [3.05, 3.63) is 18.2 Å². The highest BCUT2D eigenvalue weighted by atomic mass is 127. The minimum atomic E-state index is 0. The number of halogens is 1. The van der Waals surface area contributed by atoms with Gasteiger partial charge >= 0.3 is 0 Å². The normalized spacial score (nSPS) is 9.27. The van der Waals surface area contributed by atoms with Gasteiger partial charge in [0.2, 0.25) is 24.0 Å². The maximum Gasteiger partial charge on any atom is 0.253 e. The van der Waals surface area contributed by atoms with Gasteiger partial charge in [0.25, 0.3) is 5.82 Å². The van der Waals surface area contributed by atoms with Crippen molar-refractivity contribution in [1.29, 1.82) is 0 Å². The first-order valence-electron chi connectivity index (χ1n) is 3.86. The first-order chi connectivity index (χ1) is 4.84. The van der Waals surface area contributed by atoms with E-state index in [0.29, 0.717) is 0 Å². The Morgan fingerprint density at radius 2 is 2.27 bits per heavy atom. The molecule has 64 valence electrons. The minimum Gasteiger partial charge on any atom is -0.248 e.